The Bertz CT molecular complexity index is 350. The van der Waals surface area contributed by atoms with Crippen LogP contribution in [0, 0.1) is 11.6 Å². The third kappa shape index (κ3) is 2.34. The summed E-state index contributed by atoms with van der Waals surface area (Å²) in [7, 11) is 0. The van der Waals surface area contributed by atoms with E-state index in [2.05, 4.69) is 15.9 Å². The van der Waals surface area contributed by atoms with Crippen molar-refractivity contribution in [3.8, 4) is 0 Å². The summed E-state index contributed by atoms with van der Waals surface area (Å²) in [5.41, 5.74) is 0.209. The number of Topliss-reactive ketones (excluding diaryl/α,β-unsaturated/α-hetero) is 1. The molecule has 1 aromatic rings. The number of rotatable bonds is 2. The molecule has 0 aliphatic carbocycles. The molecule has 0 aliphatic rings. The Hall–Kier alpha value is -0.770. The average molecular weight is 249 g/mol. The number of hydrogen-bond donors (Lipinski definition) is 0. The predicted octanol–water partition coefficient (Wildman–Crippen LogP) is 2.86. The van der Waals surface area contributed by atoms with Crippen LogP contribution in [0.3, 0.4) is 0 Å². The third-order valence-corrected chi connectivity index (χ3v) is 2.28. The summed E-state index contributed by atoms with van der Waals surface area (Å²) >= 11 is 2.76. The summed E-state index contributed by atoms with van der Waals surface area (Å²) in [5, 5.41) is 0. The molecule has 1 nitrogen and oxygen atoms in total. The lowest BCUT2D eigenvalue weighted by Crippen LogP contribution is -2.00. The topological polar surface area (TPSA) is 17.1 Å². The van der Waals surface area contributed by atoms with Gasteiger partial charge in [-0.05, 0) is 34.5 Å². The molecular formula is C9H7BrF2O. The molecule has 0 saturated heterocycles. The second-order valence-corrected chi connectivity index (χ2v) is 3.51. The van der Waals surface area contributed by atoms with E-state index in [0.29, 0.717) is 0 Å². The first-order valence-corrected chi connectivity index (χ1v) is 4.43. The first-order chi connectivity index (χ1) is 6.02. The number of hydrogen-bond acceptors (Lipinski definition) is 1. The molecule has 0 unspecified atom stereocenters. The maximum atomic E-state index is 13.2. The van der Waals surface area contributed by atoms with E-state index in [9.17, 15) is 13.6 Å². The van der Waals surface area contributed by atoms with Crippen molar-refractivity contribution in [1.29, 1.82) is 0 Å². The van der Waals surface area contributed by atoms with Crippen LogP contribution in [0.15, 0.2) is 16.6 Å². The molecule has 70 valence electrons. The highest BCUT2D eigenvalue weighted by molar-refractivity contribution is 9.10. The van der Waals surface area contributed by atoms with Crippen LogP contribution in [0.4, 0.5) is 8.78 Å². The van der Waals surface area contributed by atoms with Gasteiger partial charge in [0.15, 0.2) is 0 Å². The average Bonchev–Trinajstić information content (AvgIpc) is 2.06. The Morgan fingerprint density at radius 2 is 2.08 bits per heavy atom. The number of carbonyl (C=O) groups is 1. The fourth-order valence-corrected chi connectivity index (χ4v) is 1.36. The fraction of sp³-hybridized carbons (Fsp3) is 0.222. The van der Waals surface area contributed by atoms with Crippen molar-refractivity contribution in [2.45, 2.75) is 13.3 Å². The summed E-state index contributed by atoms with van der Waals surface area (Å²) in [6, 6.07) is 2.41. The molecular weight excluding hydrogens is 242 g/mol. The summed E-state index contributed by atoms with van der Waals surface area (Å²) in [6.45, 7) is 1.36. The zero-order valence-corrected chi connectivity index (χ0v) is 8.49. The lowest BCUT2D eigenvalue weighted by atomic mass is 10.1. The van der Waals surface area contributed by atoms with Crippen molar-refractivity contribution in [3.05, 3.63) is 33.8 Å². The van der Waals surface area contributed by atoms with Gasteiger partial charge in [-0.25, -0.2) is 8.78 Å². The van der Waals surface area contributed by atoms with Gasteiger partial charge in [-0.2, -0.15) is 0 Å². The lowest BCUT2D eigenvalue weighted by molar-refractivity contribution is -0.116. The Morgan fingerprint density at radius 3 is 2.62 bits per heavy atom. The Balaban J connectivity index is 3.10. The number of benzene rings is 1. The largest absolute Gasteiger partial charge is 0.300 e. The van der Waals surface area contributed by atoms with Crippen LogP contribution in [-0.4, -0.2) is 5.78 Å². The SMILES string of the molecule is CC(=O)Cc1ccc(F)c(Br)c1F. The maximum Gasteiger partial charge on any atom is 0.143 e. The van der Waals surface area contributed by atoms with Gasteiger partial charge in [-0.15, -0.1) is 0 Å². The van der Waals surface area contributed by atoms with Crippen molar-refractivity contribution in [3.63, 3.8) is 0 Å². The van der Waals surface area contributed by atoms with Gasteiger partial charge in [0, 0.05) is 6.42 Å². The van der Waals surface area contributed by atoms with E-state index < -0.39 is 11.6 Å². The predicted molar refractivity (Wildman–Crippen MR) is 48.4 cm³/mol. The van der Waals surface area contributed by atoms with Gasteiger partial charge in [0.2, 0.25) is 0 Å². The molecule has 0 saturated carbocycles. The van der Waals surface area contributed by atoms with Crippen LogP contribution < -0.4 is 0 Å². The molecule has 1 rings (SSSR count). The zero-order valence-electron chi connectivity index (χ0n) is 6.90. The molecule has 0 heterocycles. The summed E-state index contributed by atoms with van der Waals surface area (Å²) in [6.07, 6.45) is -0.00921. The van der Waals surface area contributed by atoms with E-state index in [0.717, 1.165) is 6.07 Å². The van der Waals surface area contributed by atoms with Gasteiger partial charge in [0.25, 0.3) is 0 Å². The first kappa shape index (κ1) is 10.3. The Morgan fingerprint density at radius 1 is 1.46 bits per heavy atom. The lowest BCUT2D eigenvalue weighted by Gasteiger charge is -2.02. The summed E-state index contributed by atoms with van der Waals surface area (Å²) < 4.78 is 25.7. The third-order valence-electron chi connectivity index (χ3n) is 1.55. The molecule has 1 aromatic carbocycles. The quantitative estimate of drug-likeness (QED) is 0.736. The van der Waals surface area contributed by atoms with Crippen molar-refractivity contribution in [1.82, 2.24) is 0 Å². The maximum absolute atomic E-state index is 13.2. The van der Waals surface area contributed by atoms with Gasteiger partial charge >= 0.3 is 0 Å². The van der Waals surface area contributed by atoms with Crippen LogP contribution in [0.2, 0.25) is 0 Å². The number of ketones is 1. The van der Waals surface area contributed by atoms with Gasteiger partial charge in [0.1, 0.15) is 17.4 Å². The van der Waals surface area contributed by atoms with Gasteiger partial charge < -0.3 is 0 Å². The molecule has 0 aliphatic heterocycles. The molecule has 0 radical (unpaired) electrons. The highest BCUT2D eigenvalue weighted by Crippen LogP contribution is 2.22. The Kier molecular flexibility index (Phi) is 3.14. The molecule has 4 heteroatoms. The molecule has 0 amide bonds. The molecule has 0 spiro atoms. The molecule has 0 atom stereocenters. The van der Waals surface area contributed by atoms with E-state index in [1.807, 2.05) is 0 Å². The Labute approximate surface area is 82.9 Å². The fourth-order valence-electron chi connectivity index (χ4n) is 0.971. The minimum atomic E-state index is -0.699. The highest BCUT2D eigenvalue weighted by atomic mass is 79.9. The van der Waals surface area contributed by atoms with E-state index in [4.69, 9.17) is 0 Å². The van der Waals surface area contributed by atoms with E-state index in [-0.39, 0.29) is 22.2 Å². The second kappa shape index (κ2) is 3.96. The van der Waals surface area contributed by atoms with Crippen molar-refractivity contribution in [2.75, 3.05) is 0 Å². The monoisotopic (exact) mass is 248 g/mol. The van der Waals surface area contributed by atoms with E-state index in [1.165, 1.54) is 13.0 Å². The van der Waals surface area contributed by atoms with Crippen LogP contribution in [0.25, 0.3) is 0 Å². The summed E-state index contributed by atoms with van der Waals surface area (Å²) in [4.78, 5) is 10.7. The highest BCUT2D eigenvalue weighted by Gasteiger charge is 2.11. The molecule has 0 fully saturated rings. The van der Waals surface area contributed by atoms with E-state index >= 15 is 0 Å². The standard InChI is InChI=1S/C9H7BrF2O/c1-5(13)4-6-2-3-7(11)8(10)9(6)12/h2-3H,4H2,1H3. The normalized spacial score (nSPS) is 10.2. The van der Waals surface area contributed by atoms with E-state index in [1.54, 1.807) is 0 Å². The minimum Gasteiger partial charge on any atom is -0.300 e. The van der Waals surface area contributed by atoms with Gasteiger partial charge in [0.05, 0.1) is 4.47 Å². The van der Waals surface area contributed by atoms with Gasteiger partial charge in [-0.1, -0.05) is 6.07 Å². The van der Waals surface area contributed by atoms with Crippen LogP contribution in [0.5, 0.6) is 0 Å². The van der Waals surface area contributed by atoms with Crippen molar-refractivity contribution >= 4 is 21.7 Å². The van der Waals surface area contributed by atoms with Gasteiger partial charge in [-0.3, -0.25) is 4.79 Å². The molecule has 0 aromatic heterocycles. The smallest absolute Gasteiger partial charge is 0.143 e. The van der Waals surface area contributed by atoms with Crippen molar-refractivity contribution < 1.29 is 13.6 Å². The van der Waals surface area contributed by atoms with Crippen LogP contribution in [-0.2, 0) is 11.2 Å². The first-order valence-electron chi connectivity index (χ1n) is 3.64. The zero-order chi connectivity index (χ0) is 10.0. The molecule has 0 N–H and O–H groups in total. The second-order valence-electron chi connectivity index (χ2n) is 2.71. The minimum absolute atomic E-state index is 0.00921. The molecule has 0 bridgehead atoms. The number of halogens is 3. The summed E-state index contributed by atoms with van der Waals surface area (Å²) in [5.74, 6) is -1.52. The van der Waals surface area contributed by atoms with Crippen molar-refractivity contribution in [2.24, 2.45) is 0 Å². The molecule has 13 heavy (non-hydrogen) atoms. The van der Waals surface area contributed by atoms with Crippen LogP contribution >= 0.6 is 15.9 Å². The number of carbonyl (C=O) groups excluding carboxylic acids is 1. The van der Waals surface area contributed by atoms with Crippen LogP contribution in [0.1, 0.15) is 12.5 Å².